The van der Waals surface area contributed by atoms with E-state index in [9.17, 15) is 19.4 Å². The van der Waals surface area contributed by atoms with Crippen molar-refractivity contribution in [1.29, 1.82) is 0 Å². The Hall–Kier alpha value is -2.82. The van der Waals surface area contributed by atoms with E-state index >= 15 is 0 Å². The van der Waals surface area contributed by atoms with Crippen molar-refractivity contribution < 1.29 is 24.1 Å². The van der Waals surface area contributed by atoms with Gasteiger partial charge in [-0.3, -0.25) is 4.79 Å². The molecule has 1 aromatic carbocycles. The zero-order valence-electron chi connectivity index (χ0n) is 21.6. The fourth-order valence-electron chi connectivity index (χ4n) is 5.23. The Balaban J connectivity index is 0.000000222. The highest BCUT2D eigenvalue weighted by molar-refractivity contribution is 6.33. The predicted octanol–water partition coefficient (Wildman–Crippen LogP) is 4.24. The Labute approximate surface area is 219 Å². The molecule has 3 aromatic rings. The number of carbonyl (C=O) groups is 1. The van der Waals surface area contributed by atoms with Gasteiger partial charge in [-0.05, 0) is 71.4 Å². The standard InChI is InChI=1S/C17H19ClFN5O.C9H14O3/c1-8(2)24-12-6-9(13-10(18)7-21-16(20)23-13)5-11(19)14(12)22-15(24)17(3,4)25;1-2-12-9(11)8-6-3-5(10)4-7(6)8/h5-8,25H,1-4H3,(H2,20,21,23);5-8,10H,2-4H2,1H3. The van der Waals surface area contributed by atoms with Gasteiger partial charge < -0.3 is 25.3 Å². The molecule has 2 unspecified atom stereocenters. The second-order valence-electron chi connectivity index (χ2n) is 10.4. The maximum Gasteiger partial charge on any atom is 0.309 e. The van der Waals surface area contributed by atoms with Crippen molar-refractivity contribution in [3.8, 4) is 11.3 Å². The molecule has 200 valence electrons. The molecule has 4 N–H and O–H groups in total. The lowest BCUT2D eigenvalue weighted by molar-refractivity contribution is -0.145. The largest absolute Gasteiger partial charge is 0.466 e. The Bertz CT molecular complexity index is 1310. The smallest absolute Gasteiger partial charge is 0.309 e. The van der Waals surface area contributed by atoms with Gasteiger partial charge in [0.05, 0.1) is 41.1 Å². The number of aromatic nitrogens is 4. The highest BCUT2D eigenvalue weighted by Crippen LogP contribution is 2.57. The zero-order chi connectivity index (χ0) is 27.2. The van der Waals surface area contributed by atoms with E-state index in [4.69, 9.17) is 22.1 Å². The number of hydrogen-bond acceptors (Lipinski definition) is 8. The van der Waals surface area contributed by atoms with E-state index < -0.39 is 11.4 Å². The van der Waals surface area contributed by atoms with Crippen molar-refractivity contribution in [2.24, 2.45) is 17.8 Å². The highest BCUT2D eigenvalue weighted by atomic mass is 35.5. The van der Waals surface area contributed by atoms with Crippen LogP contribution in [-0.4, -0.2) is 48.4 Å². The third kappa shape index (κ3) is 5.42. The Morgan fingerprint density at radius 3 is 2.51 bits per heavy atom. The molecule has 0 amide bonds. The van der Waals surface area contributed by atoms with Crippen LogP contribution in [0.15, 0.2) is 18.3 Å². The fraction of sp³-hybridized carbons (Fsp3) is 0.538. The van der Waals surface area contributed by atoms with Crippen LogP contribution in [-0.2, 0) is 15.1 Å². The molecule has 9 nitrogen and oxygen atoms in total. The number of benzene rings is 1. The number of nitrogen functional groups attached to an aromatic ring is 1. The summed E-state index contributed by atoms with van der Waals surface area (Å²) in [7, 11) is 0. The average molecular weight is 534 g/mol. The molecule has 0 bridgehead atoms. The third-order valence-corrected chi connectivity index (χ3v) is 7.10. The first-order chi connectivity index (χ1) is 17.3. The molecule has 5 rings (SSSR count). The van der Waals surface area contributed by atoms with Crippen molar-refractivity contribution in [2.75, 3.05) is 12.3 Å². The van der Waals surface area contributed by atoms with E-state index in [1.165, 1.54) is 12.3 Å². The second-order valence-corrected chi connectivity index (χ2v) is 10.8. The Kier molecular flexibility index (Phi) is 7.47. The highest BCUT2D eigenvalue weighted by Gasteiger charge is 2.60. The summed E-state index contributed by atoms with van der Waals surface area (Å²) in [6, 6.07) is 3.02. The number of aliphatic hydroxyl groups is 2. The lowest BCUT2D eigenvalue weighted by atomic mass is 10.1. The molecule has 0 radical (unpaired) electrons. The molecule has 2 heterocycles. The van der Waals surface area contributed by atoms with Crippen LogP contribution in [0.2, 0.25) is 5.02 Å². The van der Waals surface area contributed by atoms with E-state index in [0.717, 1.165) is 12.8 Å². The van der Waals surface area contributed by atoms with Crippen LogP contribution in [0, 0.1) is 23.6 Å². The molecule has 37 heavy (non-hydrogen) atoms. The van der Waals surface area contributed by atoms with E-state index in [2.05, 4.69) is 15.0 Å². The summed E-state index contributed by atoms with van der Waals surface area (Å²) >= 11 is 6.15. The number of esters is 1. The minimum absolute atomic E-state index is 0.0352. The molecule has 2 aliphatic rings. The Morgan fingerprint density at radius 2 is 1.95 bits per heavy atom. The van der Waals surface area contributed by atoms with E-state index in [1.54, 1.807) is 24.5 Å². The first-order valence-corrected chi connectivity index (χ1v) is 12.8. The third-order valence-electron chi connectivity index (χ3n) is 6.83. The van der Waals surface area contributed by atoms with Crippen LogP contribution >= 0.6 is 11.6 Å². The number of aliphatic hydroxyl groups excluding tert-OH is 1. The summed E-state index contributed by atoms with van der Waals surface area (Å²) in [5.41, 5.74) is 5.96. The van der Waals surface area contributed by atoms with Crippen molar-refractivity contribution in [2.45, 2.75) is 65.2 Å². The number of imidazole rings is 1. The molecule has 2 atom stereocenters. The Morgan fingerprint density at radius 1 is 1.30 bits per heavy atom. The van der Waals surface area contributed by atoms with Crippen LogP contribution in [0.4, 0.5) is 10.3 Å². The number of ether oxygens (including phenoxy) is 1. The molecule has 0 spiro atoms. The number of rotatable bonds is 5. The van der Waals surface area contributed by atoms with Crippen LogP contribution in [0.1, 0.15) is 59.3 Å². The fourth-order valence-corrected chi connectivity index (χ4v) is 5.43. The summed E-state index contributed by atoms with van der Waals surface area (Å²) in [6.45, 7) is 9.41. The average Bonchev–Trinajstić information content (AvgIpc) is 3.13. The molecule has 2 aliphatic carbocycles. The summed E-state index contributed by atoms with van der Waals surface area (Å²) in [5, 5.41) is 19.9. The number of carbonyl (C=O) groups excluding carboxylic acids is 1. The normalized spacial score (nSPS) is 22.5. The van der Waals surface area contributed by atoms with Crippen molar-refractivity contribution in [1.82, 2.24) is 19.5 Å². The minimum atomic E-state index is -1.22. The van der Waals surface area contributed by atoms with Gasteiger partial charge >= 0.3 is 5.97 Å². The number of halogens is 2. The number of anilines is 1. The molecule has 11 heteroatoms. The first kappa shape index (κ1) is 27.2. The topological polar surface area (TPSA) is 136 Å². The number of nitrogens with zero attached hydrogens (tertiary/aromatic N) is 4. The summed E-state index contributed by atoms with van der Waals surface area (Å²) in [5.74, 6) is 0.841. The summed E-state index contributed by atoms with van der Waals surface area (Å²) in [6.07, 6.45) is 2.82. The van der Waals surface area contributed by atoms with Crippen molar-refractivity contribution >= 4 is 34.6 Å². The van der Waals surface area contributed by atoms with E-state index in [0.29, 0.717) is 41.0 Å². The van der Waals surface area contributed by atoms with E-state index in [-0.39, 0.29) is 40.5 Å². The van der Waals surface area contributed by atoms with Crippen LogP contribution in [0.25, 0.3) is 22.3 Å². The minimum Gasteiger partial charge on any atom is -0.466 e. The number of nitrogens with two attached hydrogens (primary N) is 1. The lowest BCUT2D eigenvalue weighted by Gasteiger charge is -2.21. The molecule has 0 aliphatic heterocycles. The van der Waals surface area contributed by atoms with Gasteiger partial charge in [0.25, 0.3) is 0 Å². The molecule has 0 saturated heterocycles. The van der Waals surface area contributed by atoms with Gasteiger partial charge in [-0.1, -0.05) is 11.6 Å². The van der Waals surface area contributed by atoms with Crippen molar-refractivity contribution in [3.05, 3.63) is 35.0 Å². The SMILES string of the molecule is CC(C)n1c(C(C)(C)O)nc2c(F)cc(-c3nc(N)ncc3Cl)cc21.CCOC(=O)C1C2CC(O)CC21. The first-order valence-electron chi connectivity index (χ1n) is 12.4. The van der Waals surface area contributed by atoms with Crippen molar-refractivity contribution in [3.63, 3.8) is 0 Å². The molecular weight excluding hydrogens is 501 g/mol. The lowest BCUT2D eigenvalue weighted by Crippen LogP contribution is -2.23. The van der Waals surface area contributed by atoms with Gasteiger partial charge in [-0.2, -0.15) is 0 Å². The van der Waals surface area contributed by atoms with Gasteiger partial charge in [0, 0.05) is 11.6 Å². The summed E-state index contributed by atoms with van der Waals surface area (Å²) < 4.78 is 21.5. The molecule has 2 saturated carbocycles. The predicted molar refractivity (Wildman–Crippen MR) is 138 cm³/mol. The van der Waals surface area contributed by atoms with Crippen LogP contribution in [0.3, 0.4) is 0 Å². The summed E-state index contributed by atoms with van der Waals surface area (Å²) in [4.78, 5) is 23.5. The maximum atomic E-state index is 14.7. The number of fused-ring (bicyclic) bond motifs is 2. The molecule has 2 aromatic heterocycles. The molecular formula is C26H33ClFN5O4. The quantitative estimate of drug-likeness (QED) is 0.414. The van der Waals surface area contributed by atoms with E-state index in [1.807, 2.05) is 20.8 Å². The zero-order valence-corrected chi connectivity index (χ0v) is 22.3. The van der Waals surface area contributed by atoms with Gasteiger partial charge in [-0.15, -0.1) is 0 Å². The molecule has 2 fully saturated rings. The van der Waals surface area contributed by atoms with Crippen LogP contribution in [0.5, 0.6) is 0 Å². The maximum absolute atomic E-state index is 14.7. The monoisotopic (exact) mass is 533 g/mol. The van der Waals surface area contributed by atoms with Gasteiger partial charge in [0.15, 0.2) is 5.82 Å². The van der Waals surface area contributed by atoms with Gasteiger partial charge in [0.1, 0.15) is 16.9 Å². The van der Waals surface area contributed by atoms with Gasteiger partial charge in [0.2, 0.25) is 5.95 Å². The number of hydrogen-bond donors (Lipinski definition) is 3. The van der Waals surface area contributed by atoms with Gasteiger partial charge in [-0.25, -0.2) is 19.3 Å². The van der Waals surface area contributed by atoms with Crippen LogP contribution < -0.4 is 5.73 Å². The second kappa shape index (κ2) is 10.2.